The first-order chi connectivity index (χ1) is 20.9. The van der Waals surface area contributed by atoms with Gasteiger partial charge in [-0.05, 0) is 37.1 Å². The smallest absolute Gasteiger partial charge is 0.417 e. The maximum atomic E-state index is 16.7. The molecular weight excluding hydrogens is 610 g/mol. The predicted molar refractivity (Wildman–Crippen MR) is 151 cm³/mol. The van der Waals surface area contributed by atoms with Crippen LogP contribution in [0.5, 0.6) is 6.01 Å². The Hall–Kier alpha value is -3.87. The quantitative estimate of drug-likeness (QED) is 0.281. The molecule has 44 heavy (non-hydrogen) atoms. The Morgan fingerprint density at radius 2 is 1.98 bits per heavy atom. The summed E-state index contributed by atoms with van der Waals surface area (Å²) in [5.74, 6) is -2.27. The summed E-state index contributed by atoms with van der Waals surface area (Å²) in [5, 5.41) is 19.0. The zero-order chi connectivity index (χ0) is 31.1. The van der Waals surface area contributed by atoms with Crippen LogP contribution in [0, 0.1) is 23.0 Å². The van der Waals surface area contributed by atoms with E-state index < -0.39 is 52.3 Å². The van der Waals surface area contributed by atoms with Crippen molar-refractivity contribution in [1.29, 1.82) is 5.26 Å². The number of halogens is 6. The van der Waals surface area contributed by atoms with Crippen LogP contribution in [0.3, 0.4) is 0 Å². The van der Waals surface area contributed by atoms with Crippen molar-refractivity contribution in [2.45, 2.75) is 43.3 Å². The molecule has 3 saturated heterocycles. The van der Waals surface area contributed by atoms with Crippen LogP contribution >= 0.6 is 11.3 Å². The third-order valence-corrected chi connectivity index (χ3v) is 9.81. The predicted octanol–water partition coefficient (Wildman–Crippen LogP) is 5.40. The Morgan fingerprint density at radius 3 is 2.68 bits per heavy atom. The van der Waals surface area contributed by atoms with Crippen LogP contribution in [0.15, 0.2) is 18.2 Å². The van der Waals surface area contributed by atoms with Crippen LogP contribution in [-0.4, -0.2) is 70.6 Å². The summed E-state index contributed by atoms with van der Waals surface area (Å²) >= 11 is 0.677. The van der Waals surface area contributed by atoms with Gasteiger partial charge in [0.25, 0.3) is 0 Å². The number of nitrogens with two attached hydrogens (primary N) is 1. The van der Waals surface area contributed by atoms with E-state index in [1.165, 1.54) is 4.90 Å². The van der Waals surface area contributed by atoms with Gasteiger partial charge in [0.15, 0.2) is 5.82 Å². The summed E-state index contributed by atoms with van der Waals surface area (Å²) in [4.78, 5) is 12.0. The lowest BCUT2D eigenvalue weighted by atomic mass is 9.92. The number of aromatic nitrogens is 2. The number of nitrogens with zero attached hydrogens (tertiary/aromatic N) is 5. The number of thiophene rings is 1. The minimum absolute atomic E-state index is 0.00556. The number of ether oxygens (including phenoxy) is 1. The molecule has 230 valence electrons. The average Bonchev–Trinajstić information content (AvgIpc) is 3.59. The molecule has 8 nitrogen and oxygen atoms in total. The monoisotopic (exact) mass is 634 g/mol. The number of fused-ring (bicyclic) bond motifs is 3. The van der Waals surface area contributed by atoms with Gasteiger partial charge in [0.2, 0.25) is 0 Å². The van der Waals surface area contributed by atoms with Crippen LogP contribution in [0.25, 0.3) is 32.1 Å². The van der Waals surface area contributed by atoms with Crippen LogP contribution in [0.2, 0.25) is 0 Å². The Balaban J connectivity index is 1.44. The molecule has 7 rings (SSSR count). The van der Waals surface area contributed by atoms with Gasteiger partial charge in [-0.25, -0.2) is 13.2 Å². The van der Waals surface area contributed by atoms with Crippen molar-refractivity contribution in [1.82, 2.24) is 14.9 Å². The molecule has 0 amide bonds. The minimum Gasteiger partial charge on any atom is -0.461 e. The van der Waals surface area contributed by atoms with E-state index in [4.69, 9.17) is 10.5 Å². The highest BCUT2D eigenvalue weighted by molar-refractivity contribution is 7.23. The number of hydrogen-bond donors (Lipinski definition) is 2. The number of rotatable bonds is 5. The van der Waals surface area contributed by atoms with Gasteiger partial charge >= 0.3 is 12.2 Å². The Morgan fingerprint density at radius 1 is 1.20 bits per heavy atom. The lowest BCUT2D eigenvalue weighted by Gasteiger charge is -2.37. The van der Waals surface area contributed by atoms with Crippen molar-refractivity contribution in [3.8, 4) is 23.2 Å². The van der Waals surface area contributed by atoms with Crippen molar-refractivity contribution in [2.75, 3.05) is 43.4 Å². The van der Waals surface area contributed by atoms with Gasteiger partial charge in [0, 0.05) is 42.4 Å². The molecular formula is C29H24F6N6O2S. The largest absolute Gasteiger partial charge is 0.461 e. The second kappa shape index (κ2) is 10.1. The molecule has 3 N–H and O–H groups in total. The molecule has 0 unspecified atom stereocenters. The Kier molecular flexibility index (Phi) is 6.61. The van der Waals surface area contributed by atoms with Crippen LogP contribution < -0.4 is 15.4 Å². The van der Waals surface area contributed by atoms with E-state index >= 15 is 4.39 Å². The fraction of sp³-hybridized carbons (Fsp3) is 0.414. The Labute approximate surface area is 250 Å². The van der Waals surface area contributed by atoms with Gasteiger partial charge in [-0.2, -0.15) is 28.4 Å². The third kappa shape index (κ3) is 4.41. The molecule has 0 radical (unpaired) electrons. The summed E-state index contributed by atoms with van der Waals surface area (Å²) in [7, 11) is 0. The van der Waals surface area contributed by atoms with Gasteiger partial charge in [0.1, 0.15) is 41.0 Å². The second-order valence-electron chi connectivity index (χ2n) is 11.5. The molecule has 5 heterocycles. The van der Waals surface area contributed by atoms with Gasteiger partial charge < -0.3 is 20.5 Å². The first-order valence-electron chi connectivity index (χ1n) is 13.9. The van der Waals surface area contributed by atoms with E-state index in [2.05, 4.69) is 9.97 Å². The van der Waals surface area contributed by atoms with Crippen molar-refractivity contribution in [2.24, 2.45) is 0 Å². The first-order valence-corrected chi connectivity index (χ1v) is 14.7. The van der Waals surface area contributed by atoms with E-state index in [0.29, 0.717) is 24.3 Å². The molecule has 0 aliphatic carbocycles. The zero-order valence-electron chi connectivity index (χ0n) is 22.9. The number of anilines is 2. The van der Waals surface area contributed by atoms with Gasteiger partial charge in [-0.3, -0.25) is 4.90 Å². The van der Waals surface area contributed by atoms with Gasteiger partial charge in [-0.15, -0.1) is 11.3 Å². The van der Waals surface area contributed by atoms with Crippen LogP contribution in [-0.2, 0) is 6.18 Å². The normalized spacial score (nSPS) is 22.5. The topological polar surface area (TPSA) is 112 Å². The van der Waals surface area contributed by atoms with Crippen molar-refractivity contribution < 1.29 is 36.2 Å². The summed E-state index contributed by atoms with van der Waals surface area (Å²) < 4.78 is 95.4. The number of benzene rings is 2. The van der Waals surface area contributed by atoms with Gasteiger partial charge in [-0.1, -0.05) is 6.07 Å². The lowest BCUT2D eigenvalue weighted by molar-refractivity contribution is -0.137. The van der Waals surface area contributed by atoms with Crippen LogP contribution in [0.1, 0.15) is 30.4 Å². The average molecular weight is 635 g/mol. The summed E-state index contributed by atoms with van der Waals surface area (Å²) in [6.45, 7) is 1.03. The van der Waals surface area contributed by atoms with E-state index in [-0.39, 0.29) is 76.1 Å². The van der Waals surface area contributed by atoms with E-state index in [0.717, 1.165) is 24.6 Å². The number of nitriles is 1. The molecule has 0 spiro atoms. The first kappa shape index (κ1) is 28.9. The highest BCUT2D eigenvalue weighted by atomic mass is 32.1. The highest BCUT2D eigenvalue weighted by Gasteiger charge is 2.49. The van der Waals surface area contributed by atoms with Crippen molar-refractivity contribution >= 4 is 43.1 Å². The summed E-state index contributed by atoms with van der Waals surface area (Å²) in [6, 6.07) is 4.08. The maximum absolute atomic E-state index is 16.7. The standard InChI is InChI=1S/C29H24F6N6O2S/c30-13-7-28(4-1-5-41(28)9-13)12-43-27-38-23-16(26(39-27)40-10-14(42)11-40)6-18(29(33,34)35)21(22(23)32)15-2-3-19(31)24-20(15)17(8-36)25(37)44-24/h2-3,6,13-14,42H,1,4-5,7,9-12,37H2/t13-,28+/m1/s1. The minimum atomic E-state index is -5.09. The summed E-state index contributed by atoms with van der Waals surface area (Å²) in [5.41, 5.74) is 1.84. The molecule has 2 aromatic heterocycles. The van der Waals surface area contributed by atoms with Gasteiger partial charge in [0.05, 0.1) is 27.5 Å². The molecule has 2 aromatic carbocycles. The molecule has 3 aliphatic rings. The Bertz CT molecular complexity index is 1870. The molecule has 0 bridgehead atoms. The molecule has 3 fully saturated rings. The molecule has 0 saturated carbocycles. The summed E-state index contributed by atoms with van der Waals surface area (Å²) in [6.07, 6.45) is -5.13. The van der Waals surface area contributed by atoms with Crippen molar-refractivity contribution in [3.05, 3.63) is 41.0 Å². The third-order valence-electron chi connectivity index (χ3n) is 8.79. The van der Waals surface area contributed by atoms with E-state index in [1.807, 2.05) is 4.90 Å². The molecule has 2 atom stereocenters. The number of aliphatic hydroxyl groups excluding tert-OH is 1. The number of β-amino-alcohol motifs (C(OH)–C–C–N with tert-alkyl or cyclic N) is 1. The van der Waals surface area contributed by atoms with E-state index in [1.54, 1.807) is 6.07 Å². The number of nitrogen functional groups attached to an aromatic ring is 1. The SMILES string of the molecule is N#Cc1c(N)sc2c(F)ccc(-c3c(C(F)(F)F)cc4c(N5CC(O)C5)nc(OC[C@@]56CCCN5C[C@H](F)C6)nc4c3F)c12. The maximum Gasteiger partial charge on any atom is 0.417 e. The zero-order valence-corrected chi connectivity index (χ0v) is 23.7. The highest BCUT2D eigenvalue weighted by Crippen LogP contribution is 2.48. The van der Waals surface area contributed by atoms with Crippen molar-refractivity contribution in [3.63, 3.8) is 0 Å². The van der Waals surface area contributed by atoms with E-state index in [9.17, 15) is 32.3 Å². The number of hydrogen-bond acceptors (Lipinski definition) is 9. The lowest BCUT2D eigenvalue weighted by Crippen LogP contribution is -2.51. The fourth-order valence-electron chi connectivity index (χ4n) is 6.77. The molecule has 3 aliphatic heterocycles. The molecule has 15 heteroatoms. The number of alkyl halides is 4. The second-order valence-corrected chi connectivity index (χ2v) is 12.6. The van der Waals surface area contributed by atoms with Crippen LogP contribution in [0.4, 0.5) is 37.2 Å². The number of aliphatic hydroxyl groups is 1. The molecule has 4 aromatic rings. The fourth-order valence-corrected chi connectivity index (χ4v) is 7.72.